The van der Waals surface area contributed by atoms with Gasteiger partial charge in [-0.1, -0.05) is 96.6 Å². The van der Waals surface area contributed by atoms with Crippen molar-refractivity contribution >= 4 is 11.9 Å². The first-order valence-corrected chi connectivity index (χ1v) is 15.1. The van der Waals surface area contributed by atoms with Gasteiger partial charge in [-0.05, 0) is 86.2 Å². The van der Waals surface area contributed by atoms with E-state index in [0.717, 1.165) is 16.7 Å². The molecule has 0 heterocycles. The lowest BCUT2D eigenvalue weighted by atomic mass is 9.51. The molecule has 0 atom stereocenters. The van der Waals surface area contributed by atoms with E-state index < -0.39 is 16.8 Å². The summed E-state index contributed by atoms with van der Waals surface area (Å²) in [6, 6.07) is 38.3. The van der Waals surface area contributed by atoms with Crippen LogP contribution in [0.15, 0.2) is 115 Å². The maximum absolute atomic E-state index is 13.6. The summed E-state index contributed by atoms with van der Waals surface area (Å²) in [5.41, 5.74) is 7.86. The molecule has 0 N–H and O–H groups in total. The van der Waals surface area contributed by atoms with E-state index in [1.807, 2.05) is 39.0 Å². The number of carbonyl (C=O) groups excluding carboxylic acids is 2. The molecule has 5 aromatic rings. The third-order valence-corrected chi connectivity index (χ3v) is 8.96. The summed E-state index contributed by atoms with van der Waals surface area (Å²) in [7, 11) is 0. The molecule has 8 rings (SSSR count). The number of carbonyl (C=O) groups is 2. The van der Waals surface area contributed by atoms with Crippen LogP contribution in [0.3, 0.4) is 0 Å². The lowest BCUT2D eigenvalue weighted by Crippen LogP contribution is -2.44. The third kappa shape index (κ3) is 4.36. The lowest BCUT2D eigenvalue weighted by Gasteiger charge is -2.51. The molecule has 0 saturated heterocycles. The average molecular weight is 579 g/mol. The SMILES string of the molecule is Cc1ccc(CC23c4ccccc4C(c4ccccc42)c2c(OC(=O)C(C)(C)C)ccc(OC(=O)c4ccccc4)c23)cc1. The number of aryl methyl sites for hydroxylation is 1. The zero-order valence-electron chi connectivity index (χ0n) is 25.4. The van der Waals surface area contributed by atoms with Crippen LogP contribution >= 0.6 is 0 Å². The molecule has 0 aliphatic heterocycles. The predicted octanol–water partition coefficient (Wildman–Crippen LogP) is 8.55. The molecule has 0 saturated carbocycles. The van der Waals surface area contributed by atoms with Crippen molar-refractivity contribution in [1.82, 2.24) is 0 Å². The Morgan fingerprint density at radius 2 is 1.25 bits per heavy atom. The van der Waals surface area contributed by atoms with Gasteiger partial charge in [-0.3, -0.25) is 4.79 Å². The zero-order valence-corrected chi connectivity index (χ0v) is 25.4. The van der Waals surface area contributed by atoms with Gasteiger partial charge in [0.15, 0.2) is 0 Å². The smallest absolute Gasteiger partial charge is 0.343 e. The summed E-state index contributed by atoms with van der Waals surface area (Å²) >= 11 is 0. The minimum Gasteiger partial charge on any atom is -0.426 e. The number of esters is 2. The Balaban J connectivity index is 1.54. The van der Waals surface area contributed by atoms with E-state index in [-0.39, 0.29) is 11.9 Å². The number of hydrogen-bond acceptors (Lipinski definition) is 4. The van der Waals surface area contributed by atoms with Crippen LogP contribution in [0.2, 0.25) is 0 Å². The van der Waals surface area contributed by atoms with Gasteiger partial charge in [0.05, 0.1) is 16.4 Å². The highest BCUT2D eigenvalue weighted by molar-refractivity contribution is 5.92. The van der Waals surface area contributed by atoms with E-state index in [4.69, 9.17) is 9.47 Å². The van der Waals surface area contributed by atoms with Crippen molar-refractivity contribution in [3.8, 4) is 11.5 Å². The quantitative estimate of drug-likeness (QED) is 0.155. The maximum Gasteiger partial charge on any atom is 0.343 e. The molecular weight excluding hydrogens is 544 g/mol. The summed E-state index contributed by atoms with van der Waals surface area (Å²) < 4.78 is 12.5. The number of ether oxygens (including phenoxy) is 2. The molecule has 0 unspecified atom stereocenters. The van der Waals surface area contributed by atoms with Gasteiger partial charge in [0.2, 0.25) is 0 Å². The monoisotopic (exact) mass is 578 g/mol. The van der Waals surface area contributed by atoms with Crippen LogP contribution in [0.4, 0.5) is 0 Å². The highest BCUT2D eigenvalue weighted by Gasteiger charge is 2.54. The van der Waals surface area contributed by atoms with Crippen LogP contribution in [0, 0.1) is 12.3 Å². The Morgan fingerprint density at radius 1 is 0.682 bits per heavy atom. The van der Waals surface area contributed by atoms with Gasteiger partial charge in [0.1, 0.15) is 11.5 Å². The maximum atomic E-state index is 13.6. The van der Waals surface area contributed by atoms with Crippen LogP contribution in [0.5, 0.6) is 11.5 Å². The average Bonchev–Trinajstić information content (AvgIpc) is 3.03. The van der Waals surface area contributed by atoms with E-state index >= 15 is 0 Å². The molecule has 4 nitrogen and oxygen atoms in total. The molecule has 44 heavy (non-hydrogen) atoms. The second-order valence-electron chi connectivity index (χ2n) is 12.9. The summed E-state index contributed by atoms with van der Waals surface area (Å²) in [6.07, 6.45) is 0.633. The van der Waals surface area contributed by atoms with Gasteiger partial charge in [-0.15, -0.1) is 0 Å². The van der Waals surface area contributed by atoms with Gasteiger partial charge in [-0.25, -0.2) is 4.79 Å². The highest BCUT2D eigenvalue weighted by Crippen LogP contribution is 2.64. The fourth-order valence-electron chi connectivity index (χ4n) is 6.93. The Labute approximate surface area is 258 Å². The minimum absolute atomic E-state index is 0.199. The topological polar surface area (TPSA) is 52.6 Å². The third-order valence-electron chi connectivity index (χ3n) is 8.96. The van der Waals surface area contributed by atoms with Crippen LogP contribution in [-0.4, -0.2) is 11.9 Å². The van der Waals surface area contributed by atoms with Gasteiger partial charge < -0.3 is 9.47 Å². The van der Waals surface area contributed by atoms with Crippen molar-refractivity contribution < 1.29 is 19.1 Å². The summed E-state index contributed by atoms with van der Waals surface area (Å²) in [5, 5.41) is 0. The molecular formula is C40H34O4. The predicted molar refractivity (Wildman–Crippen MR) is 172 cm³/mol. The van der Waals surface area contributed by atoms with Crippen LogP contribution in [0.25, 0.3) is 0 Å². The second kappa shape index (κ2) is 10.3. The van der Waals surface area contributed by atoms with Crippen molar-refractivity contribution in [1.29, 1.82) is 0 Å². The lowest BCUT2D eigenvalue weighted by molar-refractivity contribution is -0.143. The summed E-state index contributed by atoms with van der Waals surface area (Å²) in [4.78, 5) is 26.9. The molecule has 2 bridgehead atoms. The van der Waals surface area contributed by atoms with Gasteiger partial charge in [0, 0.05) is 17.0 Å². The van der Waals surface area contributed by atoms with E-state index in [2.05, 4.69) is 79.7 Å². The molecule has 3 aliphatic carbocycles. The molecule has 0 spiro atoms. The molecule has 0 fully saturated rings. The van der Waals surface area contributed by atoms with Crippen molar-refractivity contribution in [3.63, 3.8) is 0 Å². The molecule has 0 radical (unpaired) electrons. The Kier molecular flexibility index (Phi) is 6.55. The van der Waals surface area contributed by atoms with Gasteiger partial charge in [-0.2, -0.15) is 0 Å². The standard InChI is InChI=1S/C40H34O4/c1-25-18-20-26(21-19-25)24-40-30-16-10-8-14-28(30)34(29-15-9-11-17-31(29)40)35-32(44-38(42)39(2,3)4)22-23-33(36(35)40)43-37(41)27-12-6-5-7-13-27/h5-23,34H,24H2,1-4H3. The van der Waals surface area contributed by atoms with Crippen LogP contribution in [-0.2, 0) is 16.6 Å². The largest absolute Gasteiger partial charge is 0.426 e. The Bertz CT molecular complexity index is 1860. The fraction of sp³-hybridized carbons (Fsp3) is 0.200. The van der Waals surface area contributed by atoms with Crippen molar-refractivity contribution in [2.45, 2.75) is 45.4 Å². The van der Waals surface area contributed by atoms with E-state index in [1.54, 1.807) is 24.3 Å². The van der Waals surface area contributed by atoms with E-state index in [9.17, 15) is 9.59 Å². The first-order valence-electron chi connectivity index (χ1n) is 15.1. The van der Waals surface area contributed by atoms with E-state index in [1.165, 1.54) is 27.8 Å². The van der Waals surface area contributed by atoms with Crippen LogP contribution < -0.4 is 9.47 Å². The normalized spacial score (nSPS) is 17.7. The van der Waals surface area contributed by atoms with Crippen LogP contribution in [0.1, 0.15) is 81.6 Å². The Hall–Kier alpha value is -4.96. The molecule has 0 amide bonds. The first kappa shape index (κ1) is 27.8. The molecule has 3 aliphatic rings. The second-order valence-corrected chi connectivity index (χ2v) is 12.9. The van der Waals surface area contributed by atoms with Gasteiger partial charge >= 0.3 is 11.9 Å². The Morgan fingerprint density at radius 3 is 1.86 bits per heavy atom. The highest BCUT2D eigenvalue weighted by atomic mass is 16.5. The van der Waals surface area contributed by atoms with Crippen molar-refractivity contribution in [2.24, 2.45) is 5.41 Å². The zero-order chi connectivity index (χ0) is 30.6. The summed E-state index contributed by atoms with van der Waals surface area (Å²) in [5.74, 6) is 0.0350. The number of hydrogen-bond donors (Lipinski definition) is 0. The number of benzene rings is 5. The molecule has 0 aromatic heterocycles. The molecule has 5 aromatic carbocycles. The number of rotatable bonds is 5. The van der Waals surface area contributed by atoms with E-state index in [0.29, 0.717) is 23.5 Å². The fourth-order valence-corrected chi connectivity index (χ4v) is 6.93. The molecule has 4 heteroatoms. The first-order chi connectivity index (χ1) is 21.2. The summed E-state index contributed by atoms with van der Waals surface area (Å²) in [6.45, 7) is 7.65. The van der Waals surface area contributed by atoms with Crippen molar-refractivity contribution in [2.75, 3.05) is 0 Å². The molecule has 218 valence electrons. The van der Waals surface area contributed by atoms with Gasteiger partial charge in [0.25, 0.3) is 0 Å². The van der Waals surface area contributed by atoms with Crippen molar-refractivity contribution in [3.05, 3.63) is 165 Å². The minimum atomic E-state index is -0.705.